The molecule has 2 aliphatic rings. The molecule has 0 saturated carbocycles. The number of hydrogen-bond acceptors (Lipinski definition) is 3. The van der Waals surface area contributed by atoms with Crippen LogP contribution in [0.4, 0.5) is 4.79 Å². The van der Waals surface area contributed by atoms with E-state index in [0.29, 0.717) is 12.6 Å². The van der Waals surface area contributed by atoms with E-state index in [0.717, 1.165) is 39.3 Å². The minimum Gasteiger partial charge on any atom is -0.338 e. The van der Waals surface area contributed by atoms with Crippen molar-refractivity contribution in [3.63, 3.8) is 0 Å². The summed E-state index contributed by atoms with van der Waals surface area (Å²) in [4.78, 5) is 15.8. The van der Waals surface area contributed by atoms with Crippen LogP contribution in [0.1, 0.15) is 6.92 Å². The smallest absolute Gasteiger partial charge is 0.317 e. The molecular weight excluding hydrogens is 192 g/mol. The summed E-state index contributed by atoms with van der Waals surface area (Å²) in [7, 11) is 0. The summed E-state index contributed by atoms with van der Waals surface area (Å²) in [5.74, 6) is 0. The topological polar surface area (TPSA) is 47.6 Å². The van der Waals surface area contributed by atoms with Crippen LogP contribution in [0, 0.1) is 0 Å². The molecule has 0 atom stereocenters. The fraction of sp³-hybridized carbons (Fsp3) is 0.900. The van der Waals surface area contributed by atoms with Crippen molar-refractivity contribution in [3.05, 3.63) is 0 Å². The van der Waals surface area contributed by atoms with Crippen molar-refractivity contribution in [2.45, 2.75) is 13.0 Å². The SMILES string of the molecule is CCNC(=O)N1CC(N2CCNCC2)C1. The van der Waals surface area contributed by atoms with Crippen LogP contribution in [-0.2, 0) is 0 Å². The van der Waals surface area contributed by atoms with Crippen molar-refractivity contribution in [2.24, 2.45) is 0 Å². The van der Waals surface area contributed by atoms with E-state index >= 15 is 0 Å². The molecule has 0 bridgehead atoms. The Morgan fingerprint density at radius 3 is 2.67 bits per heavy atom. The van der Waals surface area contributed by atoms with Gasteiger partial charge < -0.3 is 15.5 Å². The first kappa shape index (κ1) is 10.7. The van der Waals surface area contributed by atoms with Crippen LogP contribution >= 0.6 is 0 Å². The summed E-state index contributed by atoms with van der Waals surface area (Å²) in [6, 6.07) is 0.679. The normalized spacial score (nSPS) is 23.7. The lowest BCUT2D eigenvalue weighted by Gasteiger charge is -2.46. The van der Waals surface area contributed by atoms with Crippen LogP contribution in [-0.4, -0.2) is 67.7 Å². The lowest BCUT2D eigenvalue weighted by molar-refractivity contribution is 0.0495. The number of nitrogens with zero attached hydrogens (tertiary/aromatic N) is 2. The molecule has 2 fully saturated rings. The Labute approximate surface area is 90.8 Å². The second-order valence-electron chi connectivity index (χ2n) is 4.18. The van der Waals surface area contributed by atoms with E-state index in [2.05, 4.69) is 15.5 Å². The van der Waals surface area contributed by atoms with Gasteiger partial charge in [-0.05, 0) is 6.92 Å². The van der Waals surface area contributed by atoms with Crippen molar-refractivity contribution in [2.75, 3.05) is 45.8 Å². The summed E-state index contributed by atoms with van der Waals surface area (Å²) in [5, 5.41) is 6.16. The highest BCUT2D eigenvalue weighted by Crippen LogP contribution is 2.15. The molecule has 0 aromatic carbocycles. The molecule has 0 aliphatic carbocycles. The highest BCUT2D eigenvalue weighted by atomic mass is 16.2. The summed E-state index contributed by atoms with van der Waals surface area (Å²) in [5.41, 5.74) is 0. The molecule has 0 aromatic heterocycles. The summed E-state index contributed by atoms with van der Waals surface area (Å²) in [6.45, 7) is 8.86. The second-order valence-corrected chi connectivity index (χ2v) is 4.18. The highest BCUT2D eigenvalue weighted by Gasteiger charge is 2.34. The molecule has 5 nitrogen and oxygen atoms in total. The first-order valence-electron chi connectivity index (χ1n) is 5.79. The minimum absolute atomic E-state index is 0.0869. The number of piperazine rings is 1. The summed E-state index contributed by atoms with van der Waals surface area (Å²) in [6.07, 6.45) is 0. The van der Waals surface area contributed by atoms with E-state index < -0.39 is 0 Å². The summed E-state index contributed by atoms with van der Waals surface area (Å²) < 4.78 is 0. The maximum Gasteiger partial charge on any atom is 0.317 e. The monoisotopic (exact) mass is 212 g/mol. The van der Waals surface area contributed by atoms with Crippen molar-refractivity contribution in [1.29, 1.82) is 0 Å². The van der Waals surface area contributed by atoms with Gasteiger partial charge in [0, 0.05) is 51.9 Å². The van der Waals surface area contributed by atoms with E-state index in [1.807, 2.05) is 11.8 Å². The zero-order valence-electron chi connectivity index (χ0n) is 9.33. The van der Waals surface area contributed by atoms with Gasteiger partial charge in [0.1, 0.15) is 0 Å². The zero-order valence-corrected chi connectivity index (χ0v) is 9.33. The first-order valence-corrected chi connectivity index (χ1v) is 5.79. The van der Waals surface area contributed by atoms with Gasteiger partial charge in [-0.15, -0.1) is 0 Å². The molecule has 86 valence electrons. The molecule has 15 heavy (non-hydrogen) atoms. The van der Waals surface area contributed by atoms with Gasteiger partial charge in [0.25, 0.3) is 0 Å². The molecule has 2 amide bonds. The van der Waals surface area contributed by atoms with Gasteiger partial charge in [0.2, 0.25) is 0 Å². The standard InChI is InChI=1S/C10H20N4O/c1-2-12-10(15)14-7-9(8-14)13-5-3-11-4-6-13/h9,11H,2-8H2,1H3,(H,12,15). The third kappa shape index (κ3) is 2.41. The van der Waals surface area contributed by atoms with E-state index in [1.54, 1.807) is 0 Å². The van der Waals surface area contributed by atoms with Crippen LogP contribution in [0.3, 0.4) is 0 Å². The maximum atomic E-state index is 11.4. The number of likely N-dealkylation sites (tertiary alicyclic amines) is 1. The number of nitrogens with one attached hydrogen (secondary N) is 2. The van der Waals surface area contributed by atoms with Crippen molar-refractivity contribution >= 4 is 6.03 Å². The van der Waals surface area contributed by atoms with Crippen LogP contribution in [0.15, 0.2) is 0 Å². The Balaban J connectivity index is 1.70. The van der Waals surface area contributed by atoms with Crippen molar-refractivity contribution < 1.29 is 4.79 Å². The number of urea groups is 1. The number of rotatable bonds is 2. The predicted molar refractivity (Wildman–Crippen MR) is 58.9 cm³/mol. The molecule has 2 heterocycles. The molecule has 2 N–H and O–H groups in total. The minimum atomic E-state index is 0.0869. The molecule has 2 rings (SSSR count). The van der Waals surface area contributed by atoms with Gasteiger partial charge in [-0.3, -0.25) is 4.90 Å². The van der Waals surface area contributed by atoms with Crippen LogP contribution in [0.5, 0.6) is 0 Å². The molecule has 0 radical (unpaired) electrons. The Hall–Kier alpha value is -0.810. The number of amides is 2. The third-order valence-corrected chi connectivity index (χ3v) is 3.15. The van der Waals surface area contributed by atoms with Gasteiger partial charge >= 0.3 is 6.03 Å². The Bertz CT molecular complexity index is 221. The van der Waals surface area contributed by atoms with E-state index in [4.69, 9.17) is 0 Å². The molecule has 0 unspecified atom stereocenters. The fourth-order valence-electron chi connectivity index (χ4n) is 2.16. The average Bonchev–Trinajstić information content (AvgIpc) is 2.17. The van der Waals surface area contributed by atoms with Crippen molar-refractivity contribution in [3.8, 4) is 0 Å². The van der Waals surface area contributed by atoms with E-state index in [1.165, 1.54) is 0 Å². The van der Waals surface area contributed by atoms with Crippen LogP contribution in [0.25, 0.3) is 0 Å². The first-order chi connectivity index (χ1) is 7.31. The number of carbonyl (C=O) groups is 1. The molecule has 0 spiro atoms. The predicted octanol–water partition coefficient (Wildman–Crippen LogP) is -0.695. The Morgan fingerprint density at radius 1 is 1.40 bits per heavy atom. The second kappa shape index (κ2) is 4.81. The quantitative estimate of drug-likeness (QED) is 0.637. The van der Waals surface area contributed by atoms with Gasteiger partial charge in [-0.2, -0.15) is 0 Å². The number of carbonyl (C=O) groups excluding carboxylic acids is 1. The van der Waals surface area contributed by atoms with Crippen LogP contribution < -0.4 is 10.6 Å². The summed E-state index contributed by atoms with van der Waals surface area (Å²) >= 11 is 0. The molecule has 5 heteroatoms. The number of hydrogen-bond donors (Lipinski definition) is 2. The van der Waals surface area contributed by atoms with E-state index in [-0.39, 0.29) is 6.03 Å². The van der Waals surface area contributed by atoms with Gasteiger partial charge in [0.15, 0.2) is 0 Å². The van der Waals surface area contributed by atoms with Crippen molar-refractivity contribution in [1.82, 2.24) is 20.4 Å². The molecule has 2 aliphatic heterocycles. The third-order valence-electron chi connectivity index (χ3n) is 3.15. The molecule has 0 aromatic rings. The van der Waals surface area contributed by atoms with Gasteiger partial charge in [0.05, 0.1) is 0 Å². The molecule has 2 saturated heterocycles. The molecular formula is C10H20N4O. The maximum absolute atomic E-state index is 11.4. The van der Waals surface area contributed by atoms with E-state index in [9.17, 15) is 4.79 Å². The lowest BCUT2D eigenvalue weighted by Crippen LogP contribution is -2.65. The zero-order chi connectivity index (χ0) is 10.7. The largest absolute Gasteiger partial charge is 0.338 e. The fourth-order valence-corrected chi connectivity index (χ4v) is 2.16. The van der Waals surface area contributed by atoms with Gasteiger partial charge in [-0.25, -0.2) is 4.79 Å². The Kier molecular flexibility index (Phi) is 3.43. The lowest BCUT2D eigenvalue weighted by atomic mass is 10.1. The van der Waals surface area contributed by atoms with Gasteiger partial charge in [-0.1, -0.05) is 0 Å². The Morgan fingerprint density at radius 2 is 2.07 bits per heavy atom. The average molecular weight is 212 g/mol. The van der Waals surface area contributed by atoms with Crippen LogP contribution in [0.2, 0.25) is 0 Å². The highest BCUT2D eigenvalue weighted by molar-refractivity contribution is 5.75.